The molecule has 0 atom stereocenters. The Labute approximate surface area is 197 Å². The normalized spacial score (nSPS) is 10.8. The van der Waals surface area contributed by atoms with Crippen molar-refractivity contribution < 1.29 is 32.2 Å². The van der Waals surface area contributed by atoms with Gasteiger partial charge in [-0.15, -0.1) is 0 Å². The molecule has 0 heterocycles. The number of esters is 1. The van der Waals surface area contributed by atoms with Crippen molar-refractivity contribution in [2.24, 2.45) is 0 Å². The first-order valence-electron chi connectivity index (χ1n) is 10.1. The van der Waals surface area contributed by atoms with Crippen molar-refractivity contribution in [2.45, 2.75) is 4.90 Å². The summed E-state index contributed by atoms with van der Waals surface area (Å²) in [6, 6.07) is 18.7. The molecule has 0 radical (unpaired) electrons. The molecule has 0 saturated carbocycles. The molecule has 0 aromatic heterocycles. The van der Waals surface area contributed by atoms with Crippen LogP contribution in [0.25, 0.3) is 0 Å². The summed E-state index contributed by atoms with van der Waals surface area (Å²) in [5, 5.41) is 2.60. The largest absolute Gasteiger partial charge is 0.493 e. The molecule has 0 unspecified atom stereocenters. The van der Waals surface area contributed by atoms with Crippen LogP contribution in [0.15, 0.2) is 77.7 Å². The van der Waals surface area contributed by atoms with E-state index in [0.29, 0.717) is 5.75 Å². The van der Waals surface area contributed by atoms with Crippen LogP contribution < -0.4 is 19.1 Å². The highest BCUT2D eigenvalue weighted by Gasteiger charge is 2.28. The average Bonchev–Trinajstić information content (AvgIpc) is 2.87. The number of nitrogens with one attached hydrogen (secondary N) is 1. The van der Waals surface area contributed by atoms with Crippen molar-refractivity contribution >= 4 is 33.3 Å². The molecule has 1 amide bonds. The first kappa shape index (κ1) is 24.6. The highest BCUT2D eigenvalue weighted by atomic mass is 32.2. The number of amides is 1. The fraction of sp³-hybridized carbons (Fsp3) is 0.167. The molecule has 3 rings (SSSR count). The number of hydrogen-bond donors (Lipinski definition) is 1. The van der Waals surface area contributed by atoms with E-state index in [9.17, 15) is 18.0 Å². The summed E-state index contributed by atoms with van der Waals surface area (Å²) in [5.74, 6) is -0.684. The monoisotopic (exact) mass is 484 g/mol. The summed E-state index contributed by atoms with van der Waals surface area (Å²) in [4.78, 5) is 24.9. The quantitative estimate of drug-likeness (QED) is 0.464. The number of carbonyl (C=O) groups is 2. The van der Waals surface area contributed by atoms with Gasteiger partial charge in [0.05, 0.1) is 43.2 Å². The fourth-order valence-corrected chi connectivity index (χ4v) is 4.65. The van der Waals surface area contributed by atoms with Gasteiger partial charge in [0.15, 0.2) is 11.5 Å². The Bertz CT molecular complexity index is 1280. The second-order valence-corrected chi connectivity index (χ2v) is 8.81. The van der Waals surface area contributed by atoms with Gasteiger partial charge < -0.3 is 19.5 Å². The number of para-hydroxylation sites is 2. The number of carbonyl (C=O) groups excluding carboxylic acids is 2. The van der Waals surface area contributed by atoms with Gasteiger partial charge in [-0.25, -0.2) is 13.2 Å². The second kappa shape index (κ2) is 10.7. The Hall–Kier alpha value is -4.05. The SMILES string of the molecule is COC(=O)c1ccccc1NC(=O)CN(c1ccccc1)S(=O)(=O)c1ccc(OC)c(OC)c1. The lowest BCUT2D eigenvalue weighted by Crippen LogP contribution is -2.38. The maximum atomic E-state index is 13.6. The minimum Gasteiger partial charge on any atom is -0.493 e. The predicted octanol–water partition coefficient (Wildman–Crippen LogP) is 3.32. The highest BCUT2D eigenvalue weighted by Crippen LogP contribution is 2.32. The lowest BCUT2D eigenvalue weighted by molar-refractivity contribution is -0.114. The number of rotatable bonds is 9. The molecule has 34 heavy (non-hydrogen) atoms. The molecule has 0 saturated heterocycles. The smallest absolute Gasteiger partial charge is 0.339 e. The molecule has 3 aromatic carbocycles. The maximum Gasteiger partial charge on any atom is 0.339 e. The van der Waals surface area contributed by atoms with Gasteiger partial charge in [0.25, 0.3) is 10.0 Å². The number of ether oxygens (including phenoxy) is 3. The lowest BCUT2D eigenvalue weighted by atomic mass is 10.2. The predicted molar refractivity (Wildman–Crippen MR) is 127 cm³/mol. The molecule has 0 bridgehead atoms. The van der Waals surface area contributed by atoms with E-state index in [0.717, 1.165) is 4.31 Å². The third-order valence-corrected chi connectivity index (χ3v) is 6.65. The standard InChI is InChI=1S/C24H24N2O7S/c1-31-21-14-13-18(15-22(21)32-2)34(29,30)26(17-9-5-4-6-10-17)16-23(27)25-20-12-8-7-11-19(20)24(28)33-3/h4-15H,16H2,1-3H3,(H,25,27). The number of nitrogens with zero attached hydrogens (tertiary/aromatic N) is 1. The molecule has 0 aliphatic heterocycles. The number of benzene rings is 3. The summed E-state index contributed by atoms with van der Waals surface area (Å²) in [7, 11) is -0.113. The van der Waals surface area contributed by atoms with Gasteiger partial charge in [-0.05, 0) is 36.4 Å². The zero-order valence-corrected chi connectivity index (χ0v) is 19.7. The van der Waals surface area contributed by atoms with Crippen molar-refractivity contribution in [2.75, 3.05) is 37.5 Å². The minimum atomic E-state index is -4.18. The van der Waals surface area contributed by atoms with Crippen LogP contribution in [0.1, 0.15) is 10.4 Å². The van der Waals surface area contributed by atoms with Crippen molar-refractivity contribution in [3.63, 3.8) is 0 Å². The van der Waals surface area contributed by atoms with E-state index in [2.05, 4.69) is 5.32 Å². The summed E-state index contributed by atoms with van der Waals surface area (Å²) in [5.41, 5.74) is 0.636. The Kier molecular flexibility index (Phi) is 7.75. The van der Waals surface area contributed by atoms with Crippen molar-refractivity contribution in [3.05, 3.63) is 78.4 Å². The molecule has 0 aliphatic rings. The van der Waals surface area contributed by atoms with E-state index in [1.54, 1.807) is 42.5 Å². The van der Waals surface area contributed by atoms with Crippen LogP contribution in [0.3, 0.4) is 0 Å². The summed E-state index contributed by atoms with van der Waals surface area (Å²) in [6.07, 6.45) is 0. The molecule has 0 fully saturated rings. The molecular weight excluding hydrogens is 460 g/mol. The van der Waals surface area contributed by atoms with Gasteiger partial charge in [0, 0.05) is 6.07 Å². The van der Waals surface area contributed by atoms with Crippen LogP contribution >= 0.6 is 0 Å². The molecule has 10 heteroatoms. The number of sulfonamides is 1. The minimum absolute atomic E-state index is 0.0863. The third-order valence-electron chi connectivity index (χ3n) is 4.88. The highest BCUT2D eigenvalue weighted by molar-refractivity contribution is 7.92. The summed E-state index contributed by atoms with van der Waals surface area (Å²) < 4.78 is 43.3. The van der Waals surface area contributed by atoms with Gasteiger partial charge >= 0.3 is 5.97 Å². The van der Waals surface area contributed by atoms with Crippen LogP contribution in [0.4, 0.5) is 11.4 Å². The second-order valence-electron chi connectivity index (χ2n) is 6.95. The number of anilines is 2. The van der Waals surface area contributed by atoms with Crippen molar-refractivity contribution in [3.8, 4) is 11.5 Å². The van der Waals surface area contributed by atoms with Crippen LogP contribution in [-0.4, -0.2) is 48.2 Å². The zero-order chi connectivity index (χ0) is 24.7. The van der Waals surface area contributed by atoms with Gasteiger partial charge in [-0.3, -0.25) is 9.10 Å². The first-order chi connectivity index (χ1) is 16.3. The fourth-order valence-electron chi connectivity index (χ4n) is 3.21. The van der Waals surface area contributed by atoms with Crippen molar-refractivity contribution in [1.29, 1.82) is 0 Å². The molecule has 178 valence electrons. The zero-order valence-electron chi connectivity index (χ0n) is 18.8. The Morgan fingerprint density at radius 1 is 0.853 bits per heavy atom. The molecule has 3 aromatic rings. The molecule has 1 N–H and O–H groups in total. The van der Waals surface area contributed by atoms with Gasteiger partial charge in [-0.2, -0.15) is 0 Å². The average molecular weight is 485 g/mol. The van der Waals surface area contributed by atoms with E-state index in [4.69, 9.17) is 14.2 Å². The van der Waals surface area contributed by atoms with E-state index in [1.807, 2.05) is 0 Å². The van der Waals surface area contributed by atoms with E-state index < -0.39 is 28.4 Å². The van der Waals surface area contributed by atoms with E-state index >= 15 is 0 Å². The van der Waals surface area contributed by atoms with Gasteiger partial charge in [0.2, 0.25) is 5.91 Å². The van der Waals surface area contributed by atoms with Crippen LogP contribution in [0.2, 0.25) is 0 Å². The van der Waals surface area contributed by atoms with Gasteiger partial charge in [0.1, 0.15) is 6.54 Å². The Balaban J connectivity index is 1.97. The lowest BCUT2D eigenvalue weighted by Gasteiger charge is -2.24. The number of methoxy groups -OCH3 is 3. The van der Waals surface area contributed by atoms with Crippen LogP contribution in [0, 0.1) is 0 Å². The molecular formula is C24H24N2O7S. The molecule has 9 nitrogen and oxygen atoms in total. The molecule has 0 spiro atoms. The summed E-state index contributed by atoms with van der Waals surface area (Å²) in [6.45, 7) is -0.545. The Morgan fingerprint density at radius 3 is 2.15 bits per heavy atom. The summed E-state index contributed by atoms with van der Waals surface area (Å²) >= 11 is 0. The van der Waals surface area contributed by atoms with Crippen molar-refractivity contribution in [1.82, 2.24) is 0 Å². The van der Waals surface area contributed by atoms with Gasteiger partial charge in [-0.1, -0.05) is 30.3 Å². The first-order valence-corrected chi connectivity index (χ1v) is 11.5. The van der Waals surface area contributed by atoms with E-state index in [1.165, 1.54) is 51.7 Å². The number of hydrogen-bond acceptors (Lipinski definition) is 7. The maximum absolute atomic E-state index is 13.6. The Morgan fingerprint density at radius 2 is 1.50 bits per heavy atom. The molecule has 0 aliphatic carbocycles. The third kappa shape index (κ3) is 5.29. The topological polar surface area (TPSA) is 111 Å². The van der Waals surface area contributed by atoms with Crippen LogP contribution in [-0.2, 0) is 19.6 Å². The van der Waals surface area contributed by atoms with Crippen LogP contribution in [0.5, 0.6) is 11.5 Å². The van der Waals surface area contributed by atoms with E-state index in [-0.39, 0.29) is 27.6 Å².